The summed E-state index contributed by atoms with van der Waals surface area (Å²) in [5.41, 5.74) is 13.1. The van der Waals surface area contributed by atoms with Crippen molar-refractivity contribution in [2.24, 2.45) is 5.73 Å². The highest BCUT2D eigenvalue weighted by molar-refractivity contribution is 5.74. The highest BCUT2D eigenvalue weighted by atomic mass is 15.2. The summed E-state index contributed by atoms with van der Waals surface area (Å²) in [4.78, 5) is 20.5. The van der Waals surface area contributed by atoms with Gasteiger partial charge in [-0.25, -0.2) is 9.97 Å². The van der Waals surface area contributed by atoms with Crippen LogP contribution in [0.1, 0.15) is 53.0 Å². The molecule has 0 saturated carbocycles. The Bertz CT molecular complexity index is 1420. The summed E-state index contributed by atoms with van der Waals surface area (Å²) in [5.74, 6) is 1.87. The van der Waals surface area contributed by atoms with Crippen molar-refractivity contribution in [2.75, 3.05) is 0 Å². The fourth-order valence-corrected chi connectivity index (χ4v) is 5.40. The molecule has 3 N–H and O–H groups in total. The molecule has 1 aliphatic rings. The number of rotatable bonds is 8. The summed E-state index contributed by atoms with van der Waals surface area (Å²) in [6.07, 6.45) is 7.21. The minimum atomic E-state index is 0.213. The van der Waals surface area contributed by atoms with Crippen LogP contribution in [0.25, 0.3) is 11.0 Å². The number of benzene rings is 2. The first-order valence-corrected chi connectivity index (χ1v) is 12.7. The van der Waals surface area contributed by atoms with E-state index in [0.29, 0.717) is 13.1 Å². The molecule has 6 rings (SSSR count). The summed E-state index contributed by atoms with van der Waals surface area (Å²) in [6, 6.07) is 23.2. The molecule has 3 aromatic heterocycles. The van der Waals surface area contributed by atoms with E-state index in [1.807, 2.05) is 36.7 Å². The second-order valence-electron chi connectivity index (χ2n) is 9.50. The molecule has 0 fully saturated rings. The van der Waals surface area contributed by atoms with Crippen molar-refractivity contribution in [1.29, 1.82) is 0 Å². The molecule has 36 heavy (non-hydrogen) atoms. The number of nitrogens with one attached hydrogen (secondary N) is 1. The summed E-state index contributed by atoms with van der Waals surface area (Å²) in [7, 11) is 0. The van der Waals surface area contributed by atoms with Gasteiger partial charge in [-0.15, -0.1) is 0 Å². The van der Waals surface area contributed by atoms with Gasteiger partial charge in [0.2, 0.25) is 0 Å². The van der Waals surface area contributed by atoms with Gasteiger partial charge in [-0.1, -0.05) is 48.5 Å². The zero-order valence-corrected chi connectivity index (χ0v) is 20.3. The number of nitrogens with two attached hydrogens (primary N) is 1. The summed E-state index contributed by atoms with van der Waals surface area (Å²) < 4.78 is 2.27. The van der Waals surface area contributed by atoms with E-state index in [-0.39, 0.29) is 6.04 Å². The van der Waals surface area contributed by atoms with Crippen molar-refractivity contribution >= 4 is 11.0 Å². The van der Waals surface area contributed by atoms with Crippen molar-refractivity contribution in [3.63, 3.8) is 0 Å². The van der Waals surface area contributed by atoms with E-state index in [9.17, 15) is 0 Å². The maximum Gasteiger partial charge on any atom is 0.123 e. The van der Waals surface area contributed by atoms with Crippen LogP contribution in [0.15, 0.2) is 79.1 Å². The van der Waals surface area contributed by atoms with Crippen LogP contribution in [0, 0.1) is 0 Å². The van der Waals surface area contributed by atoms with Gasteiger partial charge < -0.3 is 15.3 Å². The van der Waals surface area contributed by atoms with Gasteiger partial charge in [0.25, 0.3) is 0 Å². The largest absolute Gasteiger partial charge is 0.341 e. The van der Waals surface area contributed by atoms with Crippen LogP contribution in [0.3, 0.4) is 0 Å². The number of hydrogen-bond donors (Lipinski definition) is 2. The van der Waals surface area contributed by atoms with Gasteiger partial charge in [-0.2, -0.15) is 0 Å². The molecule has 0 aliphatic heterocycles. The van der Waals surface area contributed by atoms with E-state index < -0.39 is 0 Å². The minimum Gasteiger partial charge on any atom is -0.341 e. The quantitative estimate of drug-likeness (QED) is 0.337. The van der Waals surface area contributed by atoms with Gasteiger partial charge in [0.05, 0.1) is 41.6 Å². The zero-order chi connectivity index (χ0) is 24.3. The summed E-state index contributed by atoms with van der Waals surface area (Å²) in [5, 5.41) is 0. The van der Waals surface area contributed by atoms with E-state index in [0.717, 1.165) is 60.7 Å². The smallest absolute Gasteiger partial charge is 0.123 e. The number of H-pyrrole nitrogens is 1. The van der Waals surface area contributed by atoms with E-state index >= 15 is 0 Å². The maximum atomic E-state index is 6.10. The molecule has 3 heterocycles. The first kappa shape index (κ1) is 22.6. The average molecular weight is 478 g/mol. The Kier molecular flexibility index (Phi) is 6.32. The number of imidazole rings is 2. The fraction of sp³-hybridized carbons (Fsp3) is 0.276. The Morgan fingerprint density at radius 2 is 1.83 bits per heavy atom. The van der Waals surface area contributed by atoms with Crippen LogP contribution in [0.4, 0.5) is 0 Å². The number of para-hydroxylation sites is 2. The fourth-order valence-electron chi connectivity index (χ4n) is 5.40. The second kappa shape index (κ2) is 10.0. The molecule has 0 spiro atoms. The number of aromatic nitrogens is 5. The predicted molar refractivity (Wildman–Crippen MR) is 141 cm³/mol. The molecule has 1 aliphatic carbocycles. The third kappa shape index (κ3) is 4.55. The number of pyridine rings is 1. The van der Waals surface area contributed by atoms with E-state index in [4.69, 9.17) is 15.7 Å². The lowest BCUT2D eigenvalue weighted by Gasteiger charge is -2.34. The molecule has 0 radical (unpaired) electrons. The van der Waals surface area contributed by atoms with Gasteiger partial charge in [0.1, 0.15) is 11.6 Å². The Morgan fingerprint density at radius 3 is 2.69 bits per heavy atom. The summed E-state index contributed by atoms with van der Waals surface area (Å²) in [6.45, 7) is 2.59. The van der Waals surface area contributed by atoms with E-state index in [2.05, 4.69) is 61.9 Å². The minimum absolute atomic E-state index is 0.213. The van der Waals surface area contributed by atoms with Gasteiger partial charge in [-0.05, 0) is 48.6 Å². The Balaban J connectivity index is 1.37. The van der Waals surface area contributed by atoms with E-state index in [1.54, 1.807) is 0 Å². The Labute approximate surface area is 211 Å². The Morgan fingerprint density at radius 1 is 0.972 bits per heavy atom. The number of fused-ring (bicyclic) bond motifs is 2. The first-order chi connectivity index (χ1) is 17.8. The van der Waals surface area contributed by atoms with Crippen molar-refractivity contribution < 1.29 is 0 Å². The lowest BCUT2D eigenvalue weighted by molar-refractivity contribution is 0.150. The molecule has 182 valence electrons. The summed E-state index contributed by atoms with van der Waals surface area (Å²) >= 11 is 0. The molecule has 1 unspecified atom stereocenters. The highest BCUT2D eigenvalue weighted by Gasteiger charge is 2.29. The zero-order valence-electron chi connectivity index (χ0n) is 20.3. The molecule has 1 atom stereocenters. The third-order valence-electron chi connectivity index (χ3n) is 7.15. The molecular formula is C29H31N7. The van der Waals surface area contributed by atoms with Crippen molar-refractivity contribution in [3.05, 3.63) is 113 Å². The van der Waals surface area contributed by atoms with Gasteiger partial charge >= 0.3 is 0 Å². The van der Waals surface area contributed by atoms with Crippen LogP contribution < -0.4 is 5.73 Å². The highest BCUT2D eigenvalue weighted by Crippen LogP contribution is 2.35. The average Bonchev–Trinajstić information content (AvgIpc) is 3.51. The molecule has 5 aromatic rings. The number of hydrogen-bond acceptors (Lipinski definition) is 5. The van der Waals surface area contributed by atoms with Crippen LogP contribution >= 0.6 is 0 Å². The molecule has 2 aromatic carbocycles. The maximum absolute atomic E-state index is 6.10. The first-order valence-electron chi connectivity index (χ1n) is 12.7. The number of nitrogens with zero attached hydrogens (tertiary/aromatic N) is 5. The number of aromatic amines is 1. The lowest BCUT2D eigenvalue weighted by atomic mass is 9.90. The SMILES string of the molecule is NCc1ncc(CN(Cc2nc3ccccc3[nH]2)C2CCCc3cccnc32)n1Cc1ccccc1. The van der Waals surface area contributed by atoms with Crippen LogP contribution in [0.5, 0.6) is 0 Å². The second-order valence-corrected chi connectivity index (χ2v) is 9.50. The number of aryl methyl sites for hydroxylation is 1. The molecule has 0 saturated heterocycles. The topological polar surface area (TPSA) is 88.7 Å². The lowest BCUT2D eigenvalue weighted by Crippen LogP contribution is -2.32. The monoisotopic (exact) mass is 477 g/mol. The van der Waals surface area contributed by atoms with Crippen molar-refractivity contribution in [1.82, 2.24) is 29.4 Å². The van der Waals surface area contributed by atoms with Crippen LogP contribution in [-0.4, -0.2) is 29.4 Å². The van der Waals surface area contributed by atoms with Gasteiger partial charge in [0.15, 0.2) is 0 Å². The molecule has 7 nitrogen and oxygen atoms in total. The van der Waals surface area contributed by atoms with Crippen LogP contribution in [-0.2, 0) is 32.6 Å². The van der Waals surface area contributed by atoms with Gasteiger partial charge in [-0.3, -0.25) is 9.88 Å². The van der Waals surface area contributed by atoms with Crippen LogP contribution in [0.2, 0.25) is 0 Å². The third-order valence-corrected chi connectivity index (χ3v) is 7.15. The molecule has 0 amide bonds. The van der Waals surface area contributed by atoms with E-state index in [1.165, 1.54) is 16.8 Å². The van der Waals surface area contributed by atoms with Crippen molar-refractivity contribution in [3.8, 4) is 0 Å². The van der Waals surface area contributed by atoms with Crippen molar-refractivity contribution in [2.45, 2.75) is 51.5 Å². The predicted octanol–water partition coefficient (Wildman–Crippen LogP) is 4.74. The van der Waals surface area contributed by atoms with Gasteiger partial charge in [0, 0.05) is 25.5 Å². The molecule has 0 bridgehead atoms. The Hall–Kier alpha value is -3.81. The molecule has 7 heteroatoms. The normalized spacial score (nSPS) is 15.4. The standard InChI is InChI=1S/C29H31N7/c30-16-28-32-17-23(36(28)18-21-8-2-1-3-9-21)19-35(20-27-33-24-12-4-5-13-25(24)34-27)26-14-6-10-22-11-7-15-31-29(22)26/h1-5,7-9,11-13,15,17,26H,6,10,14,16,18-20,30H2,(H,33,34). The molecular weight excluding hydrogens is 446 g/mol.